The molecule has 0 aliphatic carbocycles. The van der Waals surface area contributed by atoms with Crippen LogP contribution in [0.3, 0.4) is 0 Å². The molecule has 0 aromatic carbocycles. The van der Waals surface area contributed by atoms with E-state index in [9.17, 15) is 24.3 Å². The third-order valence-electron chi connectivity index (χ3n) is 6.08. The van der Waals surface area contributed by atoms with E-state index in [1.54, 1.807) is 0 Å². The van der Waals surface area contributed by atoms with Gasteiger partial charge in [-0.2, -0.15) is 0 Å². The molecule has 2 aliphatic rings. The van der Waals surface area contributed by atoms with Gasteiger partial charge in [-0.3, -0.25) is 19.3 Å². The van der Waals surface area contributed by atoms with Crippen molar-refractivity contribution in [3.8, 4) is 0 Å². The summed E-state index contributed by atoms with van der Waals surface area (Å²) in [6, 6.07) is -0.932. The number of carbonyl (C=O) groups is 4. The molecular weight excluding hydrogens is 522 g/mol. The van der Waals surface area contributed by atoms with Gasteiger partial charge < -0.3 is 31.2 Å². The molecule has 1 unspecified atom stereocenters. The van der Waals surface area contributed by atoms with Crippen LogP contribution in [0.5, 0.6) is 0 Å². The summed E-state index contributed by atoms with van der Waals surface area (Å²) in [4.78, 5) is 59.2. The minimum Gasteiger partial charge on any atom is -0.477 e. The summed E-state index contributed by atoms with van der Waals surface area (Å²) in [5.41, 5.74) is 11.5. The average molecular weight is 553 g/mol. The first-order valence-corrected chi connectivity index (χ1v) is 13.2. The molecule has 13 nitrogen and oxygen atoms in total. The van der Waals surface area contributed by atoms with Gasteiger partial charge in [0.25, 0.3) is 17.7 Å². The van der Waals surface area contributed by atoms with Crippen LogP contribution in [0.1, 0.15) is 19.0 Å². The molecule has 1 aromatic rings. The molecule has 37 heavy (non-hydrogen) atoms. The van der Waals surface area contributed by atoms with Gasteiger partial charge in [-0.15, -0.1) is 23.1 Å². The third kappa shape index (κ3) is 6.29. The lowest BCUT2D eigenvalue weighted by Crippen LogP contribution is -2.71. The normalized spacial score (nSPS) is 21.3. The molecule has 1 saturated heterocycles. The first-order chi connectivity index (χ1) is 17.5. The number of amides is 3. The highest BCUT2D eigenvalue weighted by atomic mass is 32.2. The number of rotatable bonds is 12. The predicted molar refractivity (Wildman–Crippen MR) is 139 cm³/mol. The Morgan fingerprint density at radius 1 is 1.41 bits per heavy atom. The fourth-order valence-electron chi connectivity index (χ4n) is 3.98. The number of carbonyl (C=O) groups excluding carboxylic acids is 3. The zero-order chi connectivity index (χ0) is 27.3. The predicted octanol–water partition coefficient (Wildman–Crippen LogP) is -0.287. The number of likely N-dealkylation sites (N-methyl/N-ethyl adjacent to an activating group) is 1. The maximum Gasteiger partial charge on any atom is 0.352 e. The number of hydrogen-bond donors (Lipinski definition) is 4. The third-order valence-corrected chi connectivity index (χ3v) is 8.09. The number of aliphatic carboxylic acids is 1. The average Bonchev–Trinajstić information content (AvgIpc) is 3.28. The number of nitrogens with zero attached hydrogens (tertiary/aromatic N) is 4. The van der Waals surface area contributed by atoms with Gasteiger partial charge in [0.2, 0.25) is 0 Å². The Balaban J connectivity index is 1.70. The summed E-state index contributed by atoms with van der Waals surface area (Å²) in [5, 5.41) is 17.4. The number of carboxylic acid groups (broad SMARTS) is 1. The highest BCUT2D eigenvalue weighted by Gasteiger charge is 2.54. The summed E-state index contributed by atoms with van der Waals surface area (Å²) in [6.45, 7) is 3.41. The molecule has 3 rings (SSSR count). The van der Waals surface area contributed by atoms with Gasteiger partial charge in [-0.1, -0.05) is 11.2 Å². The summed E-state index contributed by atoms with van der Waals surface area (Å²) in [6.07, 6.45) is 4.06. The Morgan fingerprint density at radius 2 is 2.14 bits per heavy atom. The van der Waals surface area contributed by atoms with E-state index in [0.29, 0.717) is 35.3 Å². The number of nitrogen functional groups attached to an aromatic ring is 1. The van der Waals surface area contributed by atoms with Crippen molar-refractivity contribution in [2.45, 2.75) is 24.8 Å². The second-order valence-electron chi connectivity index (χ2n) is 8.73. The number of nitrogens with two attached hydrogens (primary N) is 2. The Morgan fingerprint density at radius 3 is 2.70 bits per heavy atom. The van der Waals surface area contributed by atoms with Crippen molar-refractivity contribution in [3.63, 3.8) is 0 Å². The van der Waals surface area contributed by atoms with E-state index in [-0.39, 0.29) is 28.8 Å². The topological polar surface area (TPSA) is 190 Å². The molecule has 6 N–H and O–H groups in total. The van der Waals surface area contributed by atoms with E-state index in [1.165, 1.54) is 29.2 Å². The standard InChI is InChI=1S/C22H29N7O6S2/c1-4-29(2,9-14(23)30)8-6-5-7-12-10-36-20-16(19(32)28(20)17(12)21(33)34)26-18(31)15(27-35-3)13-11-37-22(24)25-13/h5-6,11,16,20H,4,7-10H2,1-3H3,(H5-,23,24,25,26,30,31,33,34)/p+1/b6-5-,27-15-/t16-,20-,29?/m1/s1. The van der Waals surface area contributed by atoms with Gasteiger partial charge in [-0.25, -0.2) is 9.78 Å². The molecule has 1 fully saturated rings. The number of nitrogens with one attached hydrogen (secondary N) is 1. The van der Waals surface area contributed by atoms with Gasteiger partial charge in [0.1, 0.15) is 29.9 Å². The highest BCUT2D eigenvalue weighted by Crippen LogP contribution is 2.41. The molecule has 0 saturated carbocycles. The summed E-state index contributed by atoms with van der Waals surface area (Å²) in [7, 11) is 3.19. The molecule has 2 aliphatic heterocycles. The van der Waals surface area contributed by atoms with Gasteiger partial charge in [0.15, 0.2) is 17.4 Å². The van der Waals surface area contributed by atoms with E-state index < -0.39 is 35.1 Å². The van der Waals surface area contributed by atoms with Gasteiger partial charge in [0, 0.05) is 11.1 Å². The molecule has 1 aromatic heterocycles. The van der Waals surface area contributed by atoms with Crippen LogP contribution in [0.15, 0.2) is 34.0 Å². The van der Waals surface area contributed by atoms with Crippen LogP contribution in [-0.4, -0.2) is 99.8 Å². The number of β-lactam (4-membered cyclic amide) rings is 1. The van der Waals surface area contributed by atoms with Crippen LogP contribution in [0.4, 0.5) is 5.13 Å². The number of anilines is 1. The first kappa shape index (κ1) is 28.1. The Kier molecular flexibility index (Phi) is 8.94. The second-order valence-corrected chi connectivity index (χ2v) is 10.7. The fraction of sp³-hybridized carbons (Fsp3) is 0.455. The number of carboxylic acids is 1. The smallest absolute Gasteiger partial charge is 0.352 e. The van der Waals surface area contributed by atoms with Crippen LogP contribution in [0.25, 0.3) is 0 Å². The van der Waals surface area contributed by atoms with Gasteiger partial charge in [-0.05, 0) is 25.0 Å². The highest BCUT2D eigenvalue weighted by molar-refractivity contribution is 8.00. The summed E-state index contributed by atoms with van der Waals surface area (Å²) < 4.78 is 0.432. The molecule has 0 bridgehead atoms. The number of primary amides is 1. The number of quaternary nitrogens is 1. The van der Waals surface area contributed by atoms with Gasteiger partial charge in [0.05, 0.1) is 20.1 Å². The van der Waals surface area contributed by atoms with E-state index >= 15 is 0 Å². The molecule has 3 atom stereocenters. The minimum atomic E-state index is -1.21. The van der Waals surface area contributed by atoms with Crippen LogP contribution in [0, 0.1) is 0 Å². The Hall–Kier alpha value is -3.43. The lowest BCUT2D eigenvalue weighted by molar-refractivity contribution is -0.894. The molecule has 0 radical (unpaired) electrons. The van der Waals surface area contributed by atoms with Crippen LogP contribution in [-0.2, 0) is 24.0 Å². The molecule has 15 heteroatoms. The molecule has 200 valence electrons. The summed E-state index contributed by atoms with van der Waals surface area (Å²) >= 11 is 2.49. The number of oxime groups is 1. The fourth-order valence-corrected chi connectivity index (χ4v) is 5.89. The van der Waals surface area contributed by atoms with Crippen molar-refractivity contribution in [2.75, 3.05) is 45.3 Å². The zero-order valence-corrected chi connectivity index (χ0v) is 22.3. The van der Waals surface area contributed by atoms with Crippen molar-refractivity contribution in [1.29, 1.82) is 0 Å². The Labute approximate surface area is 221 Å². The van der Waals surface area contributed by atoms with E-state index in [2.05, 4.69) is 15.5 Å². The van der Waals surface area contributed by atoms with E-state index in [1.807, 2.05) is 26.1 Å². The van der Waals surface area contributed by atoms with E-state index in [4.69, 9.17) is 16.3 Å². The maximum atomic E-state index is 12.9. The van der Waals surface area contributed by atoms with Crippen LogP contribution >= 0.6 is 23.1 Å². The number of hydrogen-bond acceptors (Lipinski definition) is 10. The van der Waals surface area contributed by atoms with Crippen LogP contribution in [0.2, 0.25) is 0 Å². The number of allylic oxidation sites excluding steroid dienone is 1. The lowest BCUT2D eigenvalue weighted by atomic mass is 10.0. The first-order valence-electron chi connectivity index (χ1n) is 11.3. The van der Waals surface area contributed by atoms with Crippen molar-refractivity contribution >= 4 is 57.6 Å². The number of fused-ring (bicyclic) bond motifs is 1. The zero-order valence-electron chi connectivity index (χ0n) is 20.7. The number of thiazole rings is 1. The van der Waals surface area contributed by atoms with E-state index in [0.717, 1.165) is 11.3 Å². The Bertz CT molecular complexity index is 1180. The lowest BCUT2D eigenvalue weighted by Gasteiger charge is -2.49. The minimum absolute atomic E-state index is 0.0770. The molecule has 3 amide bonds. The van der Waals surface area contributed by atoms with Crippen molar-refractivity contribution in [2.24, 2.45) is 10.9 Å². The molecule has 0 spiro atoms. The van der Waals surface area contributed by atoms with Gasteiger partial charge >= 0.3 is 5.97 Å². The van der Waals surface area contributed by atoms with Crippen LogP contribution < -0.4 is 16.8 Å². The molecule has 3 heterocycles. The monoisotopic (exact) mass is 552 g/mol. The second kappa shape index (κ2) is 11.7. The number of thioether (sulfide) groups is 1. The van der Waals surface area contributed by atoms with Crippen molar-refractivity contribution < 1.29 is 33.6 Å². The largest absolute Gasteiger partial charge is 0.477 e. The van der Waals surface area contributed by atoms with Crippen molar-refractivity contribution in [1.82, 2.24) is 15.2 Å². The summed E-state index contributed by atoms with van der Waals surface area (Å²) in [5.74, 6) is -2.45. The number of aromatic nitrogens is 1. The maximum absolute atomic E-state index is 12.9. The quantitative estimate of drug-likeness (QED) is 0.0887. The SMILES string of the molecule is CC[N+](C)(C/C=C\CC1=C(C(=O)O)N2C(=O)[C@@H](NC(=O)/C(=N\OC)c3csc(N)n3)[C@H]2SC1)CC(N)=O. The van der Waals surface area contributed by atoms with Crippen molar-refractivity contribution in [3.05, 3.63) is 34.5 Å². The molecular formula is C22H30N7O6S2+.